The third kappa shape index (κ3) is 6.04. The highest BCUT2D eigenvalue weighted by molar-refractivity contribution is 7.98. The van der Waals surface area contributed by atoms with Crippen molar-refractivity contribution >= 4 is 23.5 Å². The molecule has 26 heavy (non-hydrogen) atoms. The monoisotopic (exact) mass is 370 g/mol. The van der Waals surface area contributed by atoms with Gasteiger partial charge in [-0.25, -0.2) is 4.98 Å². The van der Waals surface area contributed by atoms with Gasteiger partial charge in [-0.05, 0) is 17.7 Å². The van der Waals surface area contributed by atoms with Gasteiger partial charge in [-0.1, -0.05) is 36.4 Å². The number of hydrogen-bond donors (Lipinski definition) is 1. The Kier molecular flexibility index (Phi) is 7.34. The van der Waals surface area contributed by atoms with E-state index in [2.05, 4.69) is 44.4 Å². The van der Waals surface area contributed by atoms with E-state index in [1.807, 2.05) is 42.2 Å². The largest absolute Gasteiger partial charge is 0.354 e. The summed E-state index contributed by atoms with van der Waals surface area (Å²) in [4.78, 5) is 21.0. The Labute approximate surface area is 159 Å². The number of rotatable bonds is 8. The Bertz CT molecular complexity index is 660. The molecule has 0 saturated carbocycles. The number of aromatic nitrogens is 1. The molecule has 2 heterocycles. The Balaban J connectivity index is 1.27. The third-order valence-electron chi connectivity index (χ3n) is 4.39. The highest BCUT2D eigenvalue weighted by atomic mass is 32.2. The number of nitrogens with one attached hydrogen (secondary N) is 1. The van der Waals surface area contributed by atoms with Gasteiger partial charge >= 0.3 is 0 Å². The van der Waals surface area contributed by atoms with Crippen molar-refractivity contribution in [1.29, 1.82) is 0 Å². The lowest BCUT2D eigenvalue weighted by Gasteiger charge is -2.34. The smallest absolute Gasteiger partial charge is 0.234 e. The van der Waals surface area contributed by atoms with E-state index in [1.54, 1.807) is 0 Å². The number of thioether (sulfide) groups is 1. The summed E-state index contributed by atoms with van der Waals surface area (Å²) < 4.78 is 0. The molecule has 0 bridgehead atoms. The zero-order valence-corrected chi connectivity index (χ0v) is 15.8. The molecule has 2 aromatic rings. The van der Waals surface area contributed by atoms with E-state index in [4.69, 9.17) is 0 Å². The number of benzene rings is 1. The minimum Gasteiger partial charge on any atom is -0.354 e. The van der Waals surface area contributed by atoms with Gasteiger partial charge in [0, 0.05) is 50.4 Å². The second kappa shape index (κ2) is 10.2. The van der Waals surface area contributed by atoms with Crippen LogP contribution < -0.4 is 10.2 Å². The molecule has 0 spiro atoms. The molecule has 0 radical (unpaired) electrons. The van der Waals surface area contributed by atoms with Gasteiger partial charge in [0.25, 0.3) is 0 Å². The first-order valence-corrected chi connectivity index (χ1v) is 10.2. The Morgan fingerprint density at radius 3 is 2.54 bits per heavy atom. The molecule has 0 atom stereocenters. The summed E-state index contributed by atoms with van der Waals surface area (Å²) in [6.07, 6.45) is 1.82. The van der Waals surface area contributed by atoms with E-state index in [0.717, 1.165) is 50.0 Å². The molecule has 1 aliphatic heterocycles. The fourth-order valence-corrected chi connectivity index (χ4v) is 3.78. The normalized spacial score (nSPS) is 15.0. The van der Waals surface area contributed by atoms with Gasteiger partial charge in [0.05, 0.1) is 6.54 Å². The molecule has 1 N–H and O–H groups in total. The highest BCUT2D eigenvalue weighted by Gasteiger charge is 2.19. The number of amides is 1. The lowest BCUT2D eigenvalue weighted by Crippen LogP contribution is -2.49. The molecule has 6 heteroatoms. The van der Waals surface area contributed by atoms with E-state index >= 15 is 0 Å². The van der Waals surface area contributed by atoms with Crippen LogP contribution in [0.2, 0.25) is 0 Å². The Hall–Kier alpha value is -2.05. The second-order valence-electron chi connectivity index (χ2n) is 6.34. The van der Waals surface area contributed by atoms with Crippen LogP contribution in [0.25, 0.3) is 0 Å². The average molecular weight is 371 g/mol. The second-order valence-corrected chi connectivity index (χ2v) is 7.44. The van der Waals surface area contributed by atoms with Crippen molar-refractivity contribution in [3.63, 3.8) is 0 Å². The first-order chi connectivity index (χ1) is 12.8. The van der Waals surface area contributed by atoms with Gasteiger partial charge in [-0.3, -0.25) is 9.69 Å². The van der Waals surface area contributed by atoms with Crippen LogP contribution >= 0.6 is 11.8 Å². The van der Waals surface area contributed by atoms with Crippen molar-refractivity contribution < 1.29 is 4.79 Å². The molecule has 1 amide bonds. The van der Waals surface area contributed by atoms with Crippen LogP contribution in [0.3, 0.4) is 0 Å². The zero-order chi connectivity index (χ0) is 18.0. The van der Waals surface area contributed by atoms with Crippen LogP contribution in [0.4, 0.5) is 5.82 Å². The summed E-state index contributed by atoms with van der Waals surface area (Å²) in [5.41, 5.74) is 1.33. The highest BCUT2D eigenvalue weighted by Crippen LogP contribution is 2.12. The maximum absolute atomic E-state index is 12.1. The summed E-state index contributed by atoms with van der Waals surface area (Å²) in [5, 5.41) is 3.03. The quantitative estimate of drug-likeness (QED) is 0.723. The van der Waals surface area contributed by atoms with Gasteiger partial charge in [0.1, 0.15) is 5.82 Å². The van der Waals surface area contributed by atoms with Crippen molar-refractivity contribution in [2.75, 3.05) is 49.9 Å². The number of carbonyl (C=O) groups is 1. The van der Waals surface area contributed by atoms with E-state index in [9.17, 15) is 4.79 Å². The fraction of sp³-hybridized carbons (Fsp3) is 0.400. The molecule has 0 aliphatic carbocycles. The van der Waals surface area contributed by atoms with Crippen molar-refractivity contribution in [2.45, 2.75) is 5.75 Å². The topological polar surface area (TPSA) is 48.5 Å². The lowest BCUT2D eigenvalue weighted by molar-refractivity contribution is -0.122. The molecule has 1 aromatic heterocycles. The number of carbonyl (C=O) groups excluding carboxylic acids is 1. The summed E-state index contributed by atoms with van der Waals surface area (Å²) in [6.45, 7) is 4.83. The summed E-state index contributed by atoms with van der Waals surface area (Å²) in [5.74, 6) is 3.07. The number of hydrogen-bond acceptors (Lipinski definition) is 5. The van der Waals surface area contributed by atoms with Crippen LogP contribution in [0.5, 0.6) is 0 Å². The minimum absolute atomic E-state index is 0.122. The average Bonchev–Trinajstić information content (AvgIpc) is 2.70. The van der Waals surface area contributed by atoms with Crippen LogP contribution in [-0.2, 0) is 10.5 Å². The fourth-order valence-electron chi connectivity index (χ4n) is 2.96. The van der Waals surface area contributed by atoms with E-state index in [-0.39, 0.29) is 5.91 Å². The SMILES string of the molecule is O=C(CN1CCN(c2ccccn2)CC1)NCCSCc1ccccc1. The first-order valence-electron chi connectivity index (χ1n) is 9.08. The van der Waals surface area contributed by atoms with Gasteiger partial charge in [-0.2, -0.15) is 11.8 Å². The summed E-state index contributed by atoms with van der Waals surface area (Å²) in [7, 11) is 0. The molecule has 1 fully saturated rings. The molecular formula is C20H26N4OS. The molecule has 1 aliphatic rings. The van der Waals surface area contributed by atoms with Gasteiger partial charge in [0.15, 0.2) is 0 Å². The summed E-state index contributed by atoms with van der Waals surface area (Å²) in [6, 6.07) is 16.4. The van der Waals surface area contributed by atoms with Gasteiger partial charge in [-0.15, -0.1) is 0 Å². The molecule has 1 aromatic carbocycles. The Morgan fingerprint density at radius 2 is 1.81 bits per heavy atom. The van der Waals surface area contributed by atoms with Crippen molar-refractivity contribution in [3.8, 4) is 0 Å². The number of pyridine rings is 1. The first kappa shape index (κ1) is 18.7. The predicted molar refractivity (Wildman–Crippen MR) is 109 cm³/mol. The minimum atomic E-state index is 0.122. The molecule has 1 saturated heterocycles. The molecule has 5 nitrogen and oxygen atoms in total. The lowest BCUT2D eigenvalue weighted by atomic mass is 10.2. The Morgan fingerprint density at radius 1 is 1.04 bits per heavy atom. The molecule has 0 unspecified atom stereocenters. The molecular weight excluding hydrogens is 344 g/mol. The molecule has 138 valence electrons. The van der Waals surface area contributed by atoms with Crippen molar-refractivity contribution in [3.05, 3.63) is 60.3 Å². The van der Waals surface area contributed by atoms with Crippen LogP contribution in [0, 0.1) is 0 Å². The summed E-state index contributed by atoms with van der Waals surface area (Å²) >= 11 is 1.85. The predicted octanol–water partition coefficient (Wildman–Crippen LogP) is 2.25. The van der Waals surface area contributed by atoms with Crippen molar-refractivity contribution in [1.82, 2.24) is 15.2 Å². The van der Waals surface area contributed by atoms with Crippen molar-refractivity contribution in [2.24, 2.45) is 0 Å². The number of nitrogens with zero attached hydrogens (tertiary/aromatic N) is 3. The molecule has 3 rings (SSSR count). The van der Waals surface area contributed by atoms with E-state index < -0.39 is 0 Å². The van der Waals surface area contributed by atoms with Crippen LogP contribution in [0.1, 0.15) is 5.56 Å². The van der Waals surface area contributed by atoms with E-state index in [1.165, 1.54) is 5.56 Å². The van der Waals surface area contributed by atoms with Crippen LogP contribution in [0.15, 0.2) is 54.7 Å². The maximum atomic E-state index is 12.1. The zero-order valence-electron chi connectivity index (χ0n) is 15.0. The number of anilines is 1. The van der Waals surface area contributed by atoms with Crippen LogP contribution in [-0.4, -0.2) is 60.8 Å². The standard InChI is InChI=1S/C20H26N4OS/c25-20(22-10-15-26-17-18-6-2-1-3-7-18)16-23-11-13-24(14-12-23)19-8-4-5-9-21-19/h1-9H,10-17H2,(H,22,25). The van der Waals surface area contributed by atoms with Gasteiger partial charge in [0.2, 0.25) is 5.91 Å². The maximum Gasteiger partial charge on any atom is 0.234 e. The van der Waals surface area contributed by atoms with Gasteiger partial charge < -0.3 is 10.2 Å². The van der Waals surface area contributed by atoms with E-state index in [0.29, 0.717) is 6.54 Å². The third-order valence-corrected chi connectivity index (χ3v) is 5.42. The number of piperazine rings is 1.